The summed E-state index contributed by atoms with van der Waals surface area (Å²) in [6.07, 6.45) is 4.83. The van der Waals surface area contributed by atoms with Crippen LogP contribution in [0.3, 0.4) is 0 Å². The first-order chi connectivity index (χ1) is 9.65. The van der Waals surface area contributed by atoms with Crippen LogP contribution in [-0.2, 0) is 0 Å². The smallest absolute Gasteiger partial charge is 0.176 e. The van der Waals surface area contributed by atoms with E-state index in [4.69, 9.17) is 9.47 Å². The quantitative estimate of drug-likeness (QED) is 0.807. The van der Waals surface area contributed by atoms with Crippen LogP contribution < -0.4 is 14.8 Å². The molecule has 4 nitrogen and oxygen atoms in total. The van der Waals surface area contributed by atoms with Gasteiger partial charge < -0.3 is 14.8 Å². The van der Waals surface area contributed by atoms with Crippen LogP contribution >= 0.6 is 15.9 Å². The molecule has 0 heterocycles. The summed E-state index contributed by atoms with van der Waals surface area (Å²) in [5.74, 6) is 1.32. The summed E-state index contributed by atoms with van der Waals surface area (Å²) >= 11 is 3.49. The van der Waals surface area contributed by atoms with Crippen LogP contribution in [-0.4, -0.2) is 32.6 Å². The molecule has 1 aromatic carbocycles. The van der Waals surface area contributed by atoms with Crippen molar-refractivity contribution in [1.29, 1.82) is 0 Å². The maximum absolute atomic E-state index is 11.9. The van der Waals surface area contributed by atoms with Crippen molar-refractivity contribution in [3.05, 3.63) is 22.2 Å². The number of ether oxygens (including phenoxy) is 2. The average molecular weight is 342 g/mol. The number of halogens is 1. The van der Waals surface area contributed by atoms with Gasteiger partial charge in [0.2, 0.25) is 0 Å². The first-order valence-corrected chi connectivity index (χ1v) is 7.67. The molecule has 110 valence electrons. The number of rotatable bonds is 6. The molecule has 0 amide bonds. The second-order valence-electron chi connectivity index (χ2n) is 4.97. The number of nitrogens with one attached hydrogen (secondary N) is 1. The lowest BCUT2D eigenvalue weighted by Crippen LogP contribution is -2.19. The van der Waals surface area contributed by atoms with Crippen molar-refractivity contribution >= 4 is 21.7 Å². The Kier molecular flexibility index (Phi) is 5.43. The van der Waals surface area contributed by atoms with E-state index in [0.717, 1.165) is 17.3 Å². The number of benzene rings is 1. The lowest BCUT2D eigenvalue weighted by molar-refractivity contribution is 0.0993. The van der Waals surface area contributed by atoms with Crippen molar-refractivity contribution in [2.75, 3.05) is 20.7 Å². The number of hydrogen-bond donors (Lipinski definition) is 1. The van der Waals surface area contributed by atoms with Crippen LogP contribution in [0.1, 0.15) is 36.0 Å². The maximum Gasteiger partial charge on any atom is 0.176 e. The highest BCUT2D eigenvalue weighted by Crippen LogP contribution is 2.39. The zero-order valence-corrected chi connectivity index (χ0v) is 13.5. The molecule has 1 saturated carbocycles. The van der Waals surface area contributed by atoms with Gasteiger partial charge in [-0.05, 0) is 60.8 Å². The second-order valence-corrected chi connectivity index (χ2v) is 5.82. The maximum atomic E-state index is 11.9. The predicted octanol–water partition coefficient (Wildman–Crippen LogP) is 3.18. The van der Waals surface area contributed by atoms with E-state index in [2.05, 4.69) is 21.2 Å². The molecule has 20 heavy (non-hydrogen) atoms. The molecule has 0 aromatic heterocycles. The SMILES string of the molecule is CNCC(=O)c1cc(Br)c(OC2CCCC2)c(OC)c1. The topological polar surface area (TPSA) is 47.6 Å². The Morgan fingerprint density at radius 3 is 2.70 bits per heavy atom. The molecular formula is C15H20BrNO3. The molecule has 1 aliphatic carbocycles. The molecule has 1 fully saturated rings. The Bertz CT molecular complexity index is 484. The van der Waals surface area contributed by atoms with Gasteiger partial charge >= 0.3 is 0 Å². The number of ketones is 1. The van der Waals surface area contributed by atoms with E-state index >= 15 is 0 Å². The number of carbonyl (C=O) groups is 1. The van der Waals surface area contributed by atoms with Gasteiger partial charge in [0.05, 0.1) is 24.2 Å². The van der Waals surface area contributed by atoms with E-state index in [1.54, 1.807) is 26.3 Å². The molecule has 0 saturated heterocycles. The van der Waals surface area contributed by atoms with E-state index in [1.807, 2.05) is 0 Å². The normalized spacial score (nSPS) is 15.3. The molecule has 0 aliphatic heterocycles. The van der Waals surface area contributed by atoms with Crippen LogP contribution in [0, 0.1) is 0 Å². The summed E-state index contributed by atoms with van der Waals surface area (Å²) in [5, 5.41) is 2.86. The third-order valence-electron chi connectivity index (χ3n) is 3.48. The molecule has 5 heteroatoms. The molecule has 1 aromatic rings. The number of methoxy groups -OCH3 is 1. The molecule has 0 unspecified atom stereocenters. The molecule has 0 radical (unpaired) electrons. The highest BCUT2D eigenvalue weighted by molar-refractivity contribution is 9.10. The van der Waals surface area contributed by atoms with Gasteiger partial charge in [0.15, 0.2) is 17.3 Å². The van der Waals surface area contributed by atoms with Gasteiger partial charge in [0, 0.05) is 5.56 Å². The van der Waals surface area contributed by atoms with E-state index in [1.165, 1.54) is 12.8 Å². The first kappa shape index (κ1) is 15.3. The Labute approximate surface area is 128 Å². The van der Waals surface area contributed by atoms with Gasteiger partial charge in [0.1, 0.15) is 0 Å². The fraction of sp³-hybridized carbons (Fsp3) is 0.533. The molecule has 0 bridgehead atoms. The fourth-order valence-corrected chi connectivity index (χ4v) is 2.97. The van der Waals surface area contributed by atoms with Gasteiger partial charge in [-0.2, -0.15) is 0 Å². The summed E-state index contributed by atoms with van der Waals surface area (Å²) in [6, 6.07) is 3.54. The molecule has 2 rings (SSSR count). The third kappa shape index (κ3) is 3.52. The van der Waals surface area contributed by atoms with E-state index < -0.39 is 0 Å². The van der Waals surface area contributed by atoms with E-state index in [-0.39, 0.29) is 11.9 Å². The van der Waals surface area contributed by atoms with Gasteiger partial charge in [-0.1, -0.05) is 0 Å². The van der Waals surface area contributed by atoms with Crippen LogP contribution in [0.15, 0.2) is 16.6 Å². The largest absolute Gasteiger partial charge is 0.493 e. The average Bonchev–Trinajstić information content (AvgIpc) is 2.94. The minimum atomic E-state index is 0.0268. The number of likely N-dealkylation sites (N-methyl/N-ethyl adjacent to an activating group) is 1. The van der Waals surface area contributed by atoms with Crippen LogP contribution in [0.25, 0.3) is 0 Å². The minimum Gasteiger partial charge on any atom is -0.493 e. The highest BCUT2D eigenvalue weighted by atomic mass is 79.9. The van der Waals surface area contributed by atoms with Gasteiger partial charge in [-0.25, -0.2) is 0 Å². The van der Waals surface area contributed by atoms with Crippen molar-refractivity contribution in [3.63, 3.8) is 0 Å². The third-order valence-corrected chi connectivity index (χ3v) is 4.06. The first-order valence-electron chi connectivity index (χ1n) is 6.87. The lowest BCUT2D eigenvalue weighted by Gasteiger charge is -2.18. The van der Waals surface area contributed by atoms with Crippen molar-refractivity contribution in [2.45, 2.75) is 31.8 Å². The van der Waals surface area contributed by atoms with Gasteiger partial charge in [-0.3, -0.25) is 4.79 Å². The van der Waals surface area contributed by atoms with Gasteiger partial charge in [-0.15, -0.1) is 0 Å². The zero-order valence-electron chi connectivity index (χ0n) is 11.9. The summed E-state index contributed by atoms with van der Waals surface area (Å²) in [6.45, 7) is 0.304. The second kappa shape index (κ2) is 7.09. The van der Waals surface area contributed by atoms with Crippen LogP contribution in [0.2, 0.25) is 0 Å². The molecule has 1 N–H and O–H groups in total. The van der Waals surface area contributed by atoms with E-state index in [9.17, 15) is 4.79 Å². The molecule has 1 aliphatic rings. The van der Waals surface area contributed by atoms with Crippen molar-refractivity contribution in [1.82, 2.24) is 5.32 Å². The summed E-state index contributed by atoms with van der Waals surface area (Å²) < 4.78 is 12.2. The molecular weight excluding hydrogens is 322 g/mol. The van der Waals surface area contributed by atoms with Crippen LogP contribution in [0.5, 0.6) is 11.5 Å². The van der Waals surface area contributed by atoms with Crippen molar-refractivity contribution in [2.24, 2.45) is 0 Å². The number of hydrogen-bond acceptors (Lipinski definition) is 4. The Morgan fingerprint density at radius 2 is 2.10 bits per heavy atom. The van der Waals surface area contributed by atoms with E-state index in [0.29, 0.717) is 23.6 Å². The van der Waals surface area contributed by atoms with Gasteiger partial charge in [0.25, 0.3) is 0 Å². The highest BCUT2D eigenvalue weighted by Gasteiger charge is 2.21. The van der Waals surface area contributed by atoms with Crippen LogP contribution in [0.4, 0.5) is 0 Å². The van der Waals surface area contributed by atoms with Crippen molar-refractivity contribution in [3.8, 4) is 11.5 Å². The molecule has 0 atom stereocenters. The molecule has 0 spiro atoms. The summed E-state index contributed by atoms with van der Waals surface area (Å²) in [5.41, 5.74) is 0.613. The Morgan fingerprint density at radius 1 is 1.40 bits per heavy atom. The Balaban J connectivity index is 2.25. The zero-order chi connectivity index (χ0) is 14.5. The monoisotopic (exact) mass is 341 g/mol. The summed E-state index contributed by atoms with van der Waals surface area (Å²) in [4.78, 5) is 11.9. The fourth-order valence-electron chi connectivity index (χ4n) is 2.43. The predicted molar refractivity (Wildman–Crippen MR) is 81.8 cm³/mol. The van der Waals surface area contributed by atoms with Crippen molar-refractivity contribution < 1.29 is 14.3 Å². The lowest BCUT2D eigenvalue weighted by atomic mass is 10.1. The standard InChI is InChI=1S/C15H20BrNO3/c1-17-9-13(18)10-7-12(16)15(14(8-10)19-2)20-11-5-3-4-6-11/h7-8,11,17H,3-6,9H2,1-2H3. The number of carbonyl (C=O) groups excluding carboxylic acids is 1. The minimum absolute atomic E-state index is 0.0268. The summed E-state index contributed by atoms with van der Waals surface area (Å²) in [7, 11) is 3.34. The number of Topliss-reactive ketones (excluding diaryl/α,β-unsaturated/α-hetero) is 1. The Hall–Kier alpha value is -1.07.